The molecule has 4 N–H and O–H groups in total. The summed E-state index contributed by atoms with van der Waals surface area (Å²) in [6.07, 6.45) is 0. The minimum absolute atomic E-state index is 0.463. The van der Waals surface area contributed by atoms with Gasteiger partial charge in [0.2, 0.25) is 0 Å². The lowest BCUT2D eigenvalue weighted by Crippen LogP contribution is -2.43. The number of carbonyl (C=O) groups excluding carboxylic acids is 1. The molecule has 3 aromatic carbocycles. The maximum Gasteiger partial charge on any atom is 0.281 e. The fourth-order valence-electron chi connectivity index (χ4n) is 2.83. The standard InChI is InChI=1S/C22H21N3O2/c1-16(17-9-8-14-20(23)15-17)24-25-21(26)22(27,18-10-4-2-5-11-18)19-12-6-3-7-13-19/h2-15,27H,23H2,1H3,(H,25,26)/b24-16+. The fraction of sp³-hybridized carbons (Fsp3) is 0.0909. The van der Waals surface area contributed by atoms with Crippen LogP contribution in [0.1, 0.15) is 23.6 Å². The predicted octanol–water partition coefficient (Wildman–Crippen LogP) is 3.05. The number of nitrogens with one attached hydrogen (secondary N) is 1. The molecular weight excluding hydrogens is 338 g/mol. The summed E-state index contributed by atoms with van der Waals surface area (Å²) in [6, 6.07) is 24.8. The van der Waals surface area contributed by atoms with E-state index in [1.54, 1.807) is 67.6 Å². The first-order valence-electron chi connectivity index (χ1n) is 8.56. The highest BCUT2D eigenvalue weighted by Crippen LogP contribution is 2.29. The number of nitrogens with two attached hydrogens (primary N) is 1. The molecule has 0 aromatic heterocycles. The summed E-state index contributed by atoms with van der Waals surface area (Å²) in [5.41, 5.74) is 9.34. The predicted molar refractivity (Wildman–Crippen MR) is 107 cm³/mol. The van der Waals surface area contributed by atoms with Crippen molar-refractivity contribution in [2.45, 2.75) is 12.5 Å². The molecule has 0 bridgehead atoms. The van der Waals surface area contributed by atoms with E-state index in [1.807, 2.05) is 24.3 Å². The van der Waals surface area contributed by atoms with Gasteiger partial charge in [-0.2, -0.15) is 5.10 Å². The fourth-order valence-corrected chi connectivity index (χ4v) is 2.83. The number of rotatable bonds is 5. The van der Waals surface area contributed by atoms with E-state index in [9.17, 15) is 9.90 Å². The van der Waals surface area contributed by atoms with Crippen LogP contribution in [0.3, 0.4) is 0 Å². The van der Waals surface area contributed by atoms with Crippen LogP contribution in [0.15, 0.2) is 90.0 Å². The lowest BCUT2D eigenvalue weighted by atomic mass is 9.85. The van der Waals surface area contributed by atoms with E-state index in [0.717, 1.165) is 5.56 Å². The molecule has 3 rings (SSSR count). The Bertz CT molecular complexity index is 914. The molecule has 0 aliphatic rings. The highest BCUT2D eigenvalue weighted by molar-refractivity contribution is 6.00. The van der Waals surface area contributed by atoms with Gasteiger partial charge in [-0.1, -0.05) is 72.8 Å². The van der Waals surface area contributed by atoms with Crippen molar-refractivity contribution >= 4 is 17.3 Å². The minimum Gasteiger partial charge on any atom is -0.399 e. The molecule has 0 saturated carbocycles. The van der Waals surface area contributed by atoms with Crippen LogP contribution in [0.2, 0.25) is 0 Å². The Labute approximate surface area is 158 Å². The zero-order chi connectivity index (χ0) is 19.3. The van der Waals surface area contributed by atoms with Crippen molar-refractivity contribution in [2.75, 3.05) is 5.73 Å². The lowest BCUT2D eigenvalue weighted by Gasteiger charge is -2.27. The molecule has 27 heavy (non-hydrogen) atoms. The highest BCUT2D eigenvalue weighted by atomic mass is 16.3. The van der Waals surface area contributed by atoms with Gasteiger partial charge < -0.3 is 10.8 Å². The van der Waals surface area contributed by atoms with Gasteiger partial charge in [0, 0.05) is 5.69 Å². The summed E-state index contributed by atoms with van der Waals surface area (Å²) in [4.78, 5) is 13.0. The molecule has 0 atom stereocenters. The van der Waals surface area contributed by atoms with Gasteiger partial charge in [-0.3, -0.25) is 4.79 Å². The van der Waals surface area contributed by atoms with Crippen LogP contribution >= 0.6 is 0 Å². The second-order valence-electron chi connectivity index (χ2n) is 6.21. The van der Waals surface area contributed by atoms with Crippen molar-refractivity contribution in [1.82, 2.24) is 5.43 Å². The second kappa shape index (κ2) is 7.85. The molecule has 5 heteroatoms. The summed E-state index contributed by atoms with van der Waals surface area (Å²) in [6.45, 7) is 1.76. The van der Waals surface area contributed by atoms with Crippen molar-refractivity contribution in [2.24, 2.45) is 5.10 Å². The average molecular weight is 359 g/mol. The molecule has 0 saturated heterocycles. The number of carbonyl (C=O) groups is 1. The van der Waals surface area contributed by atoms with Crippen LogP contribution in [0, 0.1) is 0 Å². The summed E-state index contributed by atoms with van der Waals surface area (Å²) in [5.74, 6) is -0.636. The third kappa shape index (κ3) is 3.88. The molecule has 136 valence electrons. The van der Waals surface area contributed by atoms with Crippen LogP contribution < -0.4 is 11.2 Å². The molecule has 0 spiro atoms. The van der Waals surface area contributed by atoms with Gasteiger partial charge >= 0.3 is 0 Å². The third-order valence-corrected chi connectivity index (χ3v) is 4.34. The molecule has 3 aromatic rings. The van der Waals surface area contributed by atoms with E-state index in [1.165, 1.54) is 0 Å². The quantitative estimate of drug-likeness (QED) is 0.372. The van der Waals surface area contributed by atoms with Gasteiger partial charge in [0.25, 0.3) is 5.91 Å². The van der Waals surface area contributed by atoms with Gasteiger partial charge in [-0.25, -0.2) is 5.43 Å². The summed E-state index contributed by atoms with van der Waals surface area (Å²) in [7, 11) is 0. The van der Waals surface area contributed by atoms with Crippen molar-refractivity contribution in [1.29, 1.82) is 0 Å². The Morgan fingerprint density at radius 3 is 2.00 bits per heavy atom. The molecular formula is C22H21N3O2. The van der Waals surface area contributed by atoms with Gasteiger partial charge in [0.1, 0.15) is 0 Å². The van der Waals surface area contributed by atoms with Gasteiger partial charge in [0.05, 0.1) is 5.71 Å². The van der Waals surface area contributed by atoms with E-state index < -0.39 is 11.5 Å². The summed E-state index contributed by atoms with van der Waals surface area (Å²) < 4.78 is 0. The molecule has 1 amide bonds. The summed E-state index contributed by atoms with van der Waals surface area (Å²) in [5, 5.41) is 15.5. The topological polar surface area (TPSA) is 87.7 Å². The Kier molecular flexibility index (Phi) is 5.33. The summed E-state index contributed by atoms with van der Waals surface area (Å²) >= 11 is 0. The third-order valence-electron chi connectivity index (χ3n) is 4.34. The van der Waals surface area contributed by atoms with Crippen LogP contribution in [0.5, 0.6) is 0 Å². The first kappa shape index (κ1) is 18.4. The first-order valence-corrected chi connectivity index (χ1v) is 8.56. The van der Waals surface area contributed by atoms with Crippen molar-refractivity contribution in [3.63, 3.8) is 0 Å². The zero-order valence-corrected chi connectivity index (χ0v) is 15.0. The second-order valence-corrected chi connectivity index (χ2v) is 6.21. The normalized spacial score (nSPS) is 11.9. The van der Waals surface area contributed by atoms with Crippen LogP contribution in [-0.4, -0.2) is 16.7 Å². The van der Waals surface area contributed by atoms with Crippen molar-refractivity contribution < 1.29 is 9.90 Å². The van der Waals surface area contributed by atoms with Gasteiger partial charge in [0.15, 0.2) is 5.60 Å². The van der Waals surface area contributed by atoms with Gasteiger partial charge in [-0.05, 0) is 35.7 Å². The maximum atomic E-state index is 13.0. The molecule has 0 radical (unpaired) electrons. The minimum atomic E-state index is -1.86. The Balaban J connectivity index is 1.94. The average Bonchev–Trinajstić information content (AvgIpc) is 2.72. The zero-order valence-electron chi connectivity index (χ0n) is 15.0. The van der Waals surface area contributed by atoms with Crippen molar-refractivity contribution in [3.8, 4) is 0 Å². The largest absolute Gasteiger partial charge is 0.399 e. The number of nitrogen functional groups attached to an aromatic ring is 1. The van der Waals surface area contributed by atoms with E-state index in [-0.39, 0.29) is 0 Å². The number of hydrogen-bond donors (Lipinski definition) is 3. The van der Waals surface area contributed by atoms with Crippen LogP contribution in [0.4, 0.5) is 5.69 Å². The van der Waals surface area contributed by atoms with Crippen LogP contribution in [0.25, 0.3) is 0 Å². The lowest BCUT2D eigenvalue weighted by molar-refractivity contribution is -0.136. The maximum absolute atomic E-state index is 13.0. The number of anilines is 1. The monoisotopic (exact) mass is 359 g/mol. The van der Waals surface area contributed by atoms with E-state index >= 15 is 0 Å². The molecule has 0 heterocycles. The number of benzene rings is 3. The number of aliphatic hydroxyl groups is 1. The Hall–Kier alpha value is -3.44. The molecule has 0 unspecified atom stereocenters. The highest BCUT2D eigenvalue weighted by Gasteiger charge is 2.39. The van der Waals surface area contributed by atoms with Crippen LogP contribution in [-0.2, 0) is 10.4 Å². The van der Waals surface area contributed by atoms with E-state index in [2.05, 4.69) is 10.5 Å². The van der Waals surface area contributed by atoms with Crippen molar-refractivity contribution in [3.05, 3.63) is 102 Å². The number of amides is 1. The Morgan fingerprint density at radius 1 is 0.926 bits per heavy atom. The van der Waals surface area contributed by atoms with E-state index in [4.69, 9.17) is 5.73 Å². The SMILES string of the molecule is C/C(=N\NC(=O)C(O)(c1ccccc1)c1ccccc1)c1cccc(N)c1. The first-order chi connectivity index (χ1) is 13.0. The van der Waals surface area contributed by atoms with Gasteiger partial charge in [-0.15, -0.1) is 0 Å². The Morgan fingerprint density at radius 2 is 1.48 bits per heavy atom. The number of hydrazone groups is 1. The smallest absolute Gasteiger partial charge is 0.281 e. The molecule has 0 aliphatic heterocycles. The molecule has 0 aliphatic carbocycles. The van der Waals surface area contributed by atoms with E-state index in [0.29, 0.717) is 22.5 Å². The number of nitrogens with zero attached hydrogens (tertiary/aromatic N) is 1. The molecule has 5 nitrogen and oxygen atoms in total. The molecule has 0 fully saturated rings. The number of hydrogen-bond acceptors (Lipinski definition) is 4.